The van der Waals surface area contributed by atoms with Crippen molar-refractivity contribution in [2.45, 2.75) is 18.6 Å². The predicted octanol–water partition coefficient (Wildman–Crippen LogP) is 0.390. The zero-order valence-corrected chi connectivity index (χ0v) is 8.43. The summed E-state index contributed by atoms with van der Waals surface area (Å²) in [7, 11) is 1.34. The first-order valence-electron chi connectivity index (χ1n) is 4.78. The van der Waals surface area contributed by atoms with Crippen LogP contribution in [0.25, 0.3) is 0 Å². The van der Waals surface area contributed by atoms with Gasteiger partial charge in [-0.3, -0.25) is 0 Å². The van der Waals surface area contributed by atoms with Crippen molar-refractivity contribution in [1.29, 1.82) is 0 Å². The first kappa shape index (κ1) is 10.1. The van der Waals surface area contributed by atoms with E-state index in [9.17, 15) is 9.90 Å². The van der Waals surface area contributed by atoms with Crippen LogP contribution in [0.5, 0.6) is 0 Å². The summed E-state index contributed by atoms with van der Waals surface area (Å²) in [6.07, 6.45) is -0.0469. The Hall–Kier alpha value is -1.39. The molecule has 2 atom stereocenters. The highest BCUT2D eigenvalue weighted by Crippen LogP contribution is 2.30. The molecule has 0 fully saturated rings. The Morgan fingerprint density at radius 1 is 1.60 bits per heavy atom. The minimum Gasteiger partial charge on any atom is -0.465 e. The third-order valence-electron chi connectivity index (χ3n) is 2.77. The van der Waals surface area contributed by atoms with E-state index in [0.717, 1.165) is 11.1 Å². The van der Waals surface area contributed by atoms with Gasteiger partial charge in [0, 0.05) is 6.42 Å². The molecule has 0 saturated carbocycles. The number of aliphatic hydroxyl groups is 1. The van der Waals surface area contributed by atoms with E-state index in [2.05, 4.69) is 4.74 Å². The number of aliphatic hydroxyl groups excluding tert-OH is 1. The highest BCUT2D eigenvalue weighted by atomic mass is 16.5. The molecule has 1 aromatic rings. The maximum atomic E-state index is 11.3. The van der Waals surface area contributed by atoms with E-state index in [4.69, 9.17) is 5.73 Å². The highest BCUT2D eigenvalue weighted by molar-refractivity contribution is 5.89. The van der Waals surface area contributed by atoms with Crippen molar-refractivity contribution in [3.8, 4) is 0 Å². The maximum Gasteiger partial charge on any atom is 0.337 e. The van der Waals surface area contributed by atoms with Crippen LogP contribution in [0.1, 0.15) is 27.5 Å². The number of nitrogens with two attached hydrogens (primary N) is 1. The number of fused-ring (bicyclic) bond motifs is 1. The quantitative estimate of drug-likeness (QED) is 0.653. The maximum absolute atomic E-state index is 11.3. The third-order valence-corrected chi connectivity index (χ3v) is 2.77. The molecule has 1 aliphatic carbocycles. The van der Waals surface area contributed by atoms with Crippen molar-refractivity contribution in [3.05, 3.63) is 34.9 Å². The molecule has 3 N–H and O–H groups in total. The number of esters is 1. The van der Waals surface area contributed by atoms with Gasteiger partial charge in [0.15, 0.2) is 0 Å². The molecular weight excluding hydrogens is 194 g/mol. The molecule has 0 radical (unpaired) electrons. The molecule has 4 nitrogen and oxygen atoms in total. The summed E-state index contributed by atoms with van der Waals surface area (Å²) in [5, 5.41) is 9.56. The van der Waals surface area contributed by atoms with Gasteiger partial charge in [-0.15, -0.1) is 0 Å². The Labute approximate surface area is 87.7 Å². The number of carbonyl (C=O) groups is 1. The lowest BCUT2D eigenvalue weighted by Crippen LogP contribution is -2.21. The molecule has 0 amide bonds. The zero-order chi connectivity index (χ0) is 11.0. The number of carbonyl (C=O) groups excluding carboxylic acids is 1. The fourth-order valence-electron chi connectivity index (χ4n) is 1.91. The lowest BCUT2D eigenvalue weighted by molar-refractivity contribution is 0.0600. The van der Waals surface area contributed by atoms with E-state index < -0.39 is 6.10 Å². The number of benzene rings is 1. The summed E-state index contributed by atoms with van der Waals surface area (Å²) in [5.41, 5.74) is 8.12. The molecule has 0 heterocycles. The second kappa shape index (κ2) is 3.64. The Morgan fingerprint density at radius 2 is 2.33 bits per heavy atom. The second-order valence-corrected chi connectivity index (χ2v) is 3.70. The van der Waals surface area contributed by atoms with Crippen LogP contribution in [0.3, 0.4) is 0 Å². The van der Waals surface area contributed by atoms with Crippen LogP contribution >= 0.6 is 0 Å². The average molecular weight is 207 g/mol. The predicted molar refractivity (Wildman–Crippen MR) is 54.4 cm³/mol. The van der Waals surface area contributed by atoms with Gasteiger partial charge in [0.05, 0.1) is 24.8 Å². The molecule has 1 unspecified atom stereocenters. The van der Waals surface area contributed by atoms with Gasteiger partial charge in [0.25, 0.3) is 0 Å². The van der Waals surface area contributed by atoms with Gasteiger partial charge in [-0.1, -0.05) is 6.07 Å². The van der Waals surface area contributed by atoms with Crippen molar-refractivity contribution >= 4 is 5.97 Å². The van der Waals surface area contributed by atoms with Crippen LogP contribution in [0.2, 0.25) is 0 Å². The SMILES string of the molecule is COC(=O)c1ccc2c(c1)CC(O)[C@@H]2N. The van der Waals surface area contributed by atoms with Gasteiger partial charge in [-0.2, -0.15) is 0 Å². The third kappa shape index (κ3) is 1.62. The molecule has 1 aromatic carbocycles. The summed E-state index contributed by atoms with van der Waals surface area (Å²) < 4.78 is 4.62. The first-order chi connectivity index (χ1) is 7.13. The van der Waals surface area contributed by atoms with E-state index >= 15 is 0 Å². The second-order valence-electron chi connectivity index (χ2n) is 3.70. The molecule has 1 aliphatic rings. The summed E-state index contributed by atoms with van der Waals surface area (Å²) in [5.74, 6) is -0.368. The van der Waals surface area contributed by atoms with Gasteiger partial charge >= 0.3 is 5.97 Å². The van der Waals surface area contributed by atoms with Crippen molar-refractivity contribution < 1.29 is 14.6 Å². The fraction of sp³-hybridized carbons (Fsp3) is 0.364. The van der Waals surface area contributed by atoms with Crippen molar-refractivity contribution in [2.75, 3.05) is 7.11 Å². The number of ether oxygens (including phenoxy) is 1. The summed E-state index contributed by atoms with van der Waals surface area (Å²) in [6.45, 7) is 0. The van der Waals surface area contributed by atoms with Gasteiger partial charge < -0.3 is 15.6 Å². The summed E-state index contributed by atoms with van der Waals surface area (Å²) in [6, 6.07) is 4.84. The largest absolute Gasteiger partial charge is 0.465 e. The van der Waals surface area contributed by atoms with E-state index in [1.165, 1.54) is 7.11 Å². The van der Waals surface area contributed by atoms with Crippen LogP contribution in [-0.4, -0.2) is 24.3 Å². The van der Waals surface area contributed by atoms with Gasteiger partial charge in [-0.05, 0) is 23.3 Å². The summed E-state index contributed by atoms with van der Waals surface area (Å²) in [4.78, 5) is 11.3. The van der Waals surface area contributed by atoms with Gasteiger partial charge in [0.1, 0.15) is 0 Å². The Morgan fingerprint density at radius 3 is 3.00 bits per heavy atom. The minimum absolute atomic E-state index is 0.341. The molecule has 0 aromatic heterocycles. The number of methoxy groups -OCH3 is 1. The highest BCUT2D eigenvalue weighted by Gasteiger charge is 2.28. The zero-order valence-electron chi connectivity index (χ0n) is 8.43. The van der Waals surface area contributed by atoms with Gasteiger partial charge in [-0.25, -0.2) is 4.79 Å². The number of hydrogen-bond acceptors (Lipinski definition) is 4. The minimum atomic E-state index is -0.548. The van der Waals surface area contributed by atoms with E-state index in [1.54, 1.807) is 18.2 Å². The molecule has 0 bridgehead atoms. The van der Waals surface area contributed by atoms with Crippen LogP contribution in [0.15, 0.2) is 18.2 Å². The fourth-order valence-corrected chi connectivity index (χ4v) is 1.91. The van der Waals surface area contributed by atoms with Crippen LogP contribution in [0.4, 0.5) is 0 Å². The molecule has 0 aliphatic heterocycles. The Kier molecular flexibility index (Phi) is 2.46. The molecule has 4 heteroatoms. The lowest BCUT2D eigenvalue weighted by atomic mass is 10.1. The Bertz CT molecular complexity index is 403. The van der Waals surface area contributed by atoms with E-state index in [1.807, 2.05) is 0 Å². The molecule has 0 spiro atoms. The normalized spacial score (nSPS) is 23.7. The van der Waals surface area contributed by atoms with E-state index in [-0.39, 0.29) is 12.0 Å². The Balaban J connectivity index is 2.37. The van der Waals surface area contributed by atoms with Crippen LogP contribution in [0, 0.1) is 0 Å². The molecule has 80 valence electrons. The molecule has 0 saturated heterocycles. The number of hydrogen-bond donors (Lipinski definition) is 2. The van der Waals surface area contributed by atoms with E-state index in [0.29, 0.717) is 12.0 Å². The molecular formula is C11H13NO3. The average Bonchev–Trinajstić information content (AvgIpc) is 2.53. The summed E-state index contributed by atoms with van der Waals surface area (Å²) >= 11 is 0. The smallest absolute Gasteiger partial charge is 0.337 e. The monoisotopic (exact) mass is 207 g/mol. The van der Waals surface area contributed by atoms with Crippen molar-refractivity contribution in [1.82, 2.24) is 0 Å². The standard InChI is InChI=1S/C11H13NO3/c1-15-11(14)6-2-3-8-7(4-6)5-9(13)10(8)12/h2-4,9-10,13H,5,12H2,1H3/t9?,10-/m1/s1. The van der Waals surface area contributed by atoms with Gasteiger partial charge in [0.2, 0.25) is 0 Å². The van der Waals surface area contributed by atoms with Crippen molar-refractivity contribution in [2.24, 2.45) is 5.73 Å². The topological polar surface area (TPSA) is 72.5 Å². The lowest BCUT2D eigenvalue weighted by Gasteiger charge is -2.08. The van der Waals surface area contributed by atoms with Crippen LogP contribution in [-0.2, 0) is 11.2 Å². The molecule has 2 rings (SSSR count). The molecule has 15 heavy (non-hydrogen) atoms. The van der Waals surface area contributed by atoms with Crippen molar-refractivity contribution in [3.63, 3.8) is 0 Å². The van der Waals surface area contributed by atoms with Crippen LogP contribution < -0.4 is 5.73 Å². The first-order valence-corrected chi connectivity index (χ1v) is 4.78. The number of rotatable bonds is 1.